The highest BCUT2D eigenvalue weighted by molar-refractivity contribution is 7.91. The molecule has 0 N–H and O–H groups in total. The Balaban J connectivity index is 1.72. The number of urea groups is 1. The fourth-order valence-corrected chi connectivity index (χ4v) is 5.63. The van der Waals surface area contributed by atoms with Gasteiger partial charge in [-0.1, -0.05) is 18.2 Å². The summed E-state index contributed by atoms with van der Waals surface area (Å²) in [6.45, 7) is -0.0140. The smallest absolute Gasteiger partial charge is 0.314 e. The molecule has 0 saturated carbocycles. The molecule has 2 aliphatic rings. The number of halogens is 2. The van der Waals surface area contributed by atoms with E-state index in [1.807, 2.05) is 0 Å². The van der Waals surface area contributed by atoms with Crippen LogP contribution in [0, 0.1) is 11.6 Å². The first-order valence-corrected chi connectivity index (χ1v) is 9.97. The Kier molecular flexibility index (Phi) is 3.95. The van der Waals surface area contributed by atoms with Gasteiger partial charge in [-0.25, -0.2) is 22.0 Å². The van der Waals surface area contributed by atoms with Crippen molar-refractivity contribution in [2.24, 2.45) is 0 Å². The van der Waals surface area contributed by atoms with Crippen molar-refractivity contribution >= 4 is 21.6 Å². The minimum Gasteiger partial charge on any atom is -0.314 e. The molecule has 0 radical (unpaired) electrons. The second-order valence-electron chi connectivity index (χ2n) is 6.56. The van der Waals surface area contributed by atoms with Crippen molar-refractivity contribution in [3.63, 3.8) is 0 Å². The predicted octanol–water partition coefficient (Wildman–Crippen LogP) is 2.57. The van der Waals surface area contributed by atoms with Gasteiger partial charge in [0.25, 0.3) is 0 Å². The molecule has 2 unspecified atom stereocenters. The number of fused-ring (bicyclic) bond motifs is 1. The molecule has 2 amide bonds. The molecule has 2 aromatic carbocycles. The fraction of sp³-hybridized carbons (Fsp3) is 0.278. The molecule has 8 heteroatoms. The number of hydrogen-bond acceptors (Lipinski definition) is 3. The van der Waals surface area contributed by atoms with Crippen molar-refractivity contribution in [3.8, 4) is 0 Å². The molecule has 26 heavy (non-hydrogen) atoms. The van der Waals surface area contributed by atoms with Crippen LogP contribution in [-0.2, 0) is 16.4 Å². The fourth-order valence-electron chi connectivity index (χ4n) is 3.68. The van der Waals surface area contributed by atoms with Gasteiger partial charge in [-0.15, -0.1) is 0 Å². The Morgan fingerprint density at radius 3 is 2.31 bits per heavy atom. The SMILES string of the molecule is O=C1N(Cc2ccccc2F)C2CS(=O)(=O)CC2N1c1ccc(F)cc1. The highest BCUT2D eigenvalue weighted by Gasteiger charge is 2.53. The molecule has 0 aromatic heterocycles. The lowest BCUT2D eigenvalue weighted by Gasteiger charge is -2.22. The van der Waals surface area contributed by atoms with Crippen molar-refractivity contribution < 1.29 is 22.0 Å². The van der Waals surface area contributed by atoms with E-state index in [0.29, 0.717) is 11.3 Å². The van der Waals surface area contributed by atoms with Crippen molar-refractivity contribution in [1.82, 2.24) is 4.90 Å². The first-order chi connectivity index (χ1) is 12.4. The number of sulfone groups is 1. The maximum absolute atomic E-state index is 14.0. The van der Waals surface area contributed by atoms with E-state index in [9.17, 15) is 22.0 Å². The molecule has 0 aliphatic carbocycles. The Morgan fingerprint density at radius 2 is 1.62 bits per heavy atom. The van der Waals surface area contributed by atoms with E-state index < -0.39 is 39.6 Å². The highest BCUT2D eigenvalue weighted by Crippen LogP contribution is 2.36. The first kappa shape index (κ1) is 17.0. The molecule has 136 valence electrons. The van der Waals surface area contributed by atoms with E-state index in [0.717, 1.165) is 0 Å². The van der Waals surface area contributed by atoms with Gasteiger partial charge >= 0.3 is 6.03 Å². The summed E-state index contributed by atoms with van der Waals surface area (Å²) in [6, 6.07) is 9.91. The van der Waals surface area contributed by atoms with Crippen molar-refractivity contribution in [2.75, 3.05) is 16.4 Å². The van der Waals surface area contributed by atoms with Crippen LogP contribution in [0.3, 0.4) is 0 Å². The van der Waals surface area contributed by atoms with Gasteiger partial charge in [0.2, 0.25) is 0 Å². The van der Waals surface area contributed by atoms with Crippen LogP contribution < -0.4 is 4.90 Å². The van der Waals surface area contributed by atoms with Gasteiger partial charge in [0.1, 0.15) is 11.6 Å². The Labute approximate surface area is 149 Å². The number of carbonyl (C=O) groups excluding carboxylic acids is 1. The lowest BCUT2D eigenvalue weighted by Crippen LogP contribution is -2.37. The number of carbonyl (C=O) groups is 1. The number of benzene rings is 2. The van der Waals surface area contributed by atoms with Crippen LogP contribution in [-0.4, -0.2) is 42.9 Å². The maximum atomic E-state index is 14.0. The van der Waals surface area contributed by atoms with E-state index in [-0.39, 0.29) is 18.1 Å². The summed E-state index contributed by atoms with van der Waals surface area (Å²) in [4.78, 5) is 15.8. The number of rotatable bonds is 3. The summed E-state index contributed by atoms with van der Waals surface area (Å²) in [7, 11) is -3.32. The Morgan fingerprint density at radius 1 is 0.962 bits per heavy atom. The van der Waals surface area contributed by atoms with Crippen molar-refractivity contribution in [2.45, 2.75) is 18.6 Å². The number of amides is 2. The molecule has 2 atom stereocenters. The topological polar surface area (TPSA) is 57.7 Å². The van der Waals surface area contributed by atoms with Crippen LogP contribution in [0.2, 0.25) is 0 Å². The average Bonchev–Trinajstić information content (AvgIpc) is 3.02. The van der Waals surface area contributed by atoms with E-state index in [1.54, 1.807) is 18.2 Å². The molecule has 2 heterocycles. The van der Waals surface area contributed by atoms with E-state index in [2.05, 4.69) is 0 Å². The molecule has 2 saturated heterocycles. The van der Waals surface area contributed by atoms with Gasteiger partial charge in [0, 0.05) is 11.3 Å². The predicted molar refractivity (Wildman–Crippen MR) is 92.4 cm³/mol. The standard InChI is InChI=1S/C18H16F2N2O3S/c19-13-5-7-14(8-6-13)22-17-11-26(24,25)10-16(17)21(18(22)23)9-12-3-1-2-4-15(12)20/h1-8,16-17H,9-11H2. The van der Waals surface area contributed by atoms with Crippen LogP contribution in [0.25, 0.3) is 0 Å². The lowest BCUT2D eigenvalue weighted by molar-refractivity contribution is 0.205. The van der Waals surface area contributed by atoms with Crippen LogP contribution in [0.4, 0.5) is 19.3 Å². The summed E-state index contributed by atoms with van der Waals surface area (Å²) in [5.74, 6) is -1.21. The maximum Gasteiger partial charge on any atom is 0.325 e. The summed E-state index contributed by atoms with van der Waals surface area (Å²) in [5.41, 5.74) is 0.754. The third kappa shape index (κ3) is 2.84. The van der Waals surface area contributed by atoms with Crippen molar-refractivity contribution in [1.29, 1.82) is 0 Å². The third-order valence-electron chi connectivity index (χ3n) is 4.88. The second-order valence-corrected chi connectivity index (χ2v) is 8.71. The molecule has 0 bridgehead atoms. The zero-order chi connectivity index (χ0) is 18.5. The summed E-state index contributed by atoms with van der Waals surface area (Å²) >= 11 is 0. The molecular formula is C18H16F2N2O3S. The van der Waals surface area contributed by atoms with E-state index in [4.69, 9.17) is 0 Å². The van der Waals surface area contributed by atoms with Gasteiger partial charge in [0.05, 0.1) is 30.1 Å². The Bertz CT molecular complexity index is 963. The second kappa shape index (κ2) is 6.05. The first-order valence-electron chi connectivity index (χ1n) is 8.15. The quantitative estimate of drug-likeness (QED) is 0.772. The zero-order valence-electron chi connectivity index (χ0n) is 13.7. The molecule has 2 fully saturated rings. The summed E-state index contributed by atoms with van der Waals surface area (Å²) < 4.78 is 51.5. The molecule has 2 aliphatic heterocycles. The number of nitrogens with zero attached hydrogens (tertiary/aromatic N) is 2. The van der Waals surface area contributed by atoms with Gasteiger partial charge < -0.3 is 4.90 Å². The Hall–Kier alpha value is -2.48. The van der Waals surface area contributed by atoms with Crippen LogP contribution >= 0.6 is 0 Å². The van der Waals surface area contributed by atoms with Crippen molar-refractivity contribution in [3.05, 3.63) is 65.7 Å². The molecular weight excluding hydrogens is 362 g/mol. The van der Waals surface area contributed by atoms with Gasteiger partial charge in [-0.05, 0) is 30.3 Å². The minimum atomic E-state index is -3.32. The van der Waals surface area contributed by atoms with E-state index in [1.165, 1.54) is 40.1 Å². The summed E-state index contributed by atoms with van der Waals surface area (Å²) in [5, 5.41) is 0. The number of hydrogen-bond donors (Lipinski definition) is 0. The summed E-state index contributed by atoms with van der Waals surface area (Å²) in [6.07, 6.45) is 0. The van der Waals surface area contributed by atoms with Gasteiger partial charge in [-0.2, -0.15) is 0 Å². The van der Waals surface area contributed by atoms with Crippen LogP contribution in [0.1, 0.15) is 5.56 Å². The normalized spacial score (nSPS) is 24.2. The molecule has 4 rings (SSSR count). The van der Waals surface area contributed by atoms with Crippen LogP contribution in [0.15, 0.2) is 48.5 Å². The monoisotopic (exact) mass is 378 g/mol. The molecule has 0 spiro atoms. The highest BCUT2D eigenvalue weighted by atomic mass is 32.2. The van der Waals surface area contributed by atoms with Gasteiger partial charge in [-0.3, -0.25) is 4.90 Å². The molecule has 5 nitrogen and oxygen atoms in total. The average molecular weight is 378 g/mol. The lowest BCUT2D eigenvalue weighted by atomic mass is 10.1. The van der Waals surface area contributed by atoms with Gasteiger partial charge in [0.15, 0.2) is 9.84 Å². The molecule has 2 aromatic rings. The minimum absolute atomic E-state index is 0.0140. The largest absolute Gasteiger partial charge is 0.325 e. The number of anilines is 1. The zero-order valence-corrected chi connectivity index (χ0v) is 14.5. The third-order valence-corrected chi connectivity index (χ3v) is 6.58. The van der Waals surface area contributed by atoms with Crippen LogP contribution in [0.5, 0.6) is 0 Å². The van der Waals surface area contributed by atoms with E-state index >= 15 is 0 Å².